The normalized spacial score (nSPS) is 10.4. The SMILES string of the molecule is CC(=O)/C=C(/C)[O-].CC(=O)/C=C(/C)[O-].CC(=O)/C=C(/C)[O-].[Na+].[Ni+2]. The van der Waals surface area contributed by atoms with Crippen molar-refractivity contribution < 1.29 is 75.8 Å². The molecule has 0 fully saturated rings. The minimum atomic E-state index is -0.187. The van der Waals surface area contributed by atoms with E-state index in [1.54, 1.807) is 0 Å². The molecule has 6 nitrogen and oxygen atoms in total. The summed E-state index contributed by atoms with van der Waals surface area (Å²) in [6.07, 6.45) is 3.17. The largest absolute Gasteiger partial charge is 2.00 e. The van der Waals surface area contributed by atoms with Gasteiger partial charge in [0, 0.05) is 0 Å². The minimum Gasteiger partial charge on any atom is -0.876 e. The Bertz CT molecular complexity index is 374. The minimum absolute atomic E-state index is 0. The quantitative estimate of drug-likeness (QED) is 0.285. The van der Waals surface area contributed by atoms with Gasteiger partial charge in [-0.15, -0.1) is 17.3 Å². The van der Waals surface area contributed by atoms with E-state index in [1.165, 1.54) is 41.5 Å². The number of rotatable bonds is 3. The average Bonchev–Trinajstić information content (AvgIpc) is 2.10. The molecule has 0 aliphatic heterocycles. The standard InChI is InChI=1S/3C5H8O2.Na.Ni/c3*1-4(6)3-5(2)7;;/h3*3,6H,1-2H3;;/q;;;+1;+2/p-3/b3*4-3-;;. The molecule has 0 bridgehead atoms. The van der Waals surface area contributed by atoms with Crippen LogP contribution in [0.2, 0.25) is 0 Å². The molecule has 0 aromatic heterocycles. The smallest absolute Gasteiger partial charge is 0.876 e. The zero-order valence-corrected chi connectivity index (χ0v) is 17.5. The number of hydrogen-bond donors (Lipinski definition) is 0. The molecule has 0 saturated carbocycles. The van der Waals surface area contributed by atoms with Crippen LogP contribution in [0.3, 0.4) is 0 Å². The summed E-state index contributed by atoms with van der Waals surface area (Å²) in [7, 11) is 0. The first-order valence-corrected chi connectivity index (χ1v) is 5.96. The van der Waals surface area contributed by atoms with Crippen molar-refractivity contribution in [2.45, 2.75) is 41.5 Å². The molecule has 0 aromatic rings. The maximum Gasteiger partial charge on any atom is 2.00 e. The van der Waals surface area contributed by atoms with E-state index in [4.69, 9.17) is 0 Å². The molecule has 23 heavy (non-hydrogen) atoms. The molecule has 0 rings (SSSR count). The molecule has 0 aromatic carbocycles. The van der Waals surface area contributed by atoms with Gasteiger partial charge in [0.15, 0.2) is 17.3 Å². The number of allylic oxidation sites excluding steroid dienone is 6. The Kier molecular flexibility index (Phi) is 30.9. The first-order chi connectivity index (χ1) is 9.38. The van der Waals surface area contributed by atoms with Gasteiger partial charge in [-0.05, 0) is 39.0 Å². The monoisotopic (exact) mass is 378 g/mol. The van der Waals surface area contributed by atoms with Crippen LogP contribution in [0.15, 0.2) is 35.5 Å². The Morgan fingerprint density at radius 2 is 0.696 bits per heavy atom. The van der Waals surface area contributed by atoms with Crippen LogP contribution in [0, 0.1) is 0 Å². The summed E-state index contributed by atoms with van der Waals surface area (Å²) in [5.74, 6) is -1.12. The van der Waals surface area contributed by atoms with Crippen LogP contribution < -0.4 is 44.9 Å². The average molecular weight is 379 g/mol. The molecule has 0 aliphatic rings. The fourth-order valence-corrected chi connectivity index (χ4v) is 0.859. The van der Waals surface area contributed by atoms with Crippen molar-refractivity contribution >= 4 is 17.3 Å². The fourth-order valence-electron chi connectivity index (χ4n) is 0.859. The third-order valence-electron chi connectivity index (χ3n) is 1.22. The topological polar surface area (TPSA) is 120 Å². The molecule has 8 heteroatoms. The number of hydrogen-bond acceptors (Lipinski definition) is 6. The van der Waals surface area contributed by atoms with E-state index in [-0.39, 0.29) is 80.7 Å². The summed E-state index contributed by atoms with van der Waals surface area (Å²) in [5.41, 5.74) is 0. The van der Waals surface area contributed by atoms with Crippen LogP contribution in [0.1, 0.15) is 41.5 Å². The third kappa shape index (κ3) is 62.4. The van der Waals surface area contributed by atoms with E-state index >= 15 is 0 Å². The van der Waals surface area contributed by atoms with Crippen molar-refractivity contribution in [1.82, 2.24) is 0 Å². The van der Waals surface area contributed by atoms with Crippen LogP contribution in [0.25, 0.3) is 0 Å². The van der Waals surface area contributed by atoms with E-state index in [0.717, 1.165) is 18.2 Å². The molecular weight excluding hydrogens is 358 g/mol. The molecule has 0 aliphatic carbocycles. The summed E-state index contributed by atoms with van der Waals surface area (Å²) >= 11 is 0. The zero-order valence-electron chi connectivity index (χ0n) is 14.5. The van der Waals surface area contributed by atoms with Gasteiger partial charge in [-0.2, -0.15) is 0 Å². The maximum atomic E-state index is 9.98. The molecule has 0 unspecified atom stereocenters. The molecule has 0 heterocycles. The second-order valence-electron chi connectivity index (χ2n) is 4.10. The molecule has 0 spiro atoms. The molecule has 0 radical (unpaired) electrons. The van der Waals surface area contributed by atoms with E-state index in [2.05, 4.69) is 0 Å². The number of carbonyl (C=O) groups excluding carboxylic acids is 3. The van der Waals surface area contributed by atoms with E-state index in [1.807, 2.05) is 0 Å². The van der Waals surface area contributed by atoms with Gasteiger partial charge in [-0.25, -0.2) is 0 Å². The van der Waals surface area contributed by atoms with Crippen molar-refractivity contribution in [2.24, 2.45) is 0 Å². The van der Waals surface area contributed by atoms with Crippen molar-refractivity contribution in [3.63, 3.8) is 0 Å². The van der Waals surface area contributed by atoms with Gasteiger partial charge >= 0.3 is 46.0 Å². The molecule has 0 saturated heterocycles. The van der Waals surface area contributed by atoms with Gasteiger partial charge in [0.1, 0.15) is 0 Å². The van der Waals surface area contributed by atoms with E-state index in [9.17, 15) is 29.7 Å². The van der Waals surface area contributed by atoms with E-state index in [0.29, 0.717) is 0 Å². The van der Waals surface area contributed by atoms with E-state index < -0.39 is 0 Å². The maximum absolute atomic E-state index is 9.98. The van der Waals surface area contributed by atoms with Crippen LogP contribution in [-0.2, 0) is 30.9 Å². The van der Waals surface area contributed by atoms with Crippen LogP contribution in [0.5, 0.6) is 0 Å². The second kappa shape index (κ2) is 21.1. The summed E-state index contributed by atoms with van der Waals surface area (Å²) in [5, 5.41) is 29.9. The van der Waals surface area contributed by atoms with Crippen LogP contribution in [-0.4, -0.2) is 17.3 Å². The fraction of sp³-hybridized carbons (Fsp3) is 0.400. The Morgan fingerprint density at radius 1 is 0.565 bits per heavy atom. The summed E-state index contributed by atoms with van der Waals surface area (Å²) in [6.45, 7) is 8.09. The van der Waals surface area contributed by atoms with Gasteiger partial charge in [-0.1, -0.05) is 20.8 Å². The van der Waals surface area contributed by atoms with Crippen LogP contribution >= 0.6 is 0 Å². The van der Waals surface area contributed by atoms with Crippen LogP contribution in [0.4, 0.5) is 0 Å². The number of ketones is 3. The van der Waals surface area contributed by atoms with Gasteiger partial charge in [0.25, 0.3) is 0 Å². The Labute approximate surface area is 169 Å². The Morgan fingerprint density at radius 3 is 0.696 bits per heavy atom. The van der Waals surface area contributed by atoms with Gasteiger partial charge in [-0.3, -0.25) is 14.4 Å². The molecule has 128 valence electrons. The predicted octanol–water partition coefficient (Wildman–Crippen LogP) is -3.48. The second-order valence-corrected chi connectivity index (χ2v) is 4.10. The zero-order chi connectivity index (χ0) is 17.6. The van der Waals surface area contributed by atoms with Gasteiger partial charge in [0.2, 0.25) is 0 Å². The van der Waals surface area contributed by atoms with Crippen molar-refractivity contribution in [2.75, 3.05) is 0 Å². The Balaban J connectivity index is -0.0000000675. The number of carbonyl (C=O) groups is 3. The molecule has 0 atom stereocenters. The summed E-state index contributed by atoms with van der Waals surface area (Å²) in [6, 6.07) is 0. The molecule has 0 N–H and O–H groups in total. The van der Waals surface area contributed by atoms with Crippen molar-refractivity contribution in [1.29, 1.82) is 0 Å². The predicted molar refractivity (Wildman–Crippen MR) is 73.3 cm³/mol. The summed E-state index contributed by atoms with van der Waals surface area (Å²) in [4.78, 5) is 29.9. The third-order valence-corrected chi connectivity index (χ3v) is 1.22. The van der Waals surface area contributed by atoms with Gasteiger partial charge in [0.05, 0.1) is 0 Å². The molecular formula is C15H21NaNiO6. The van der Waals surface area contributed by atoms with Gasteiger partial charge < -0.3 is 15.3 Å². The van der Waals surface area contributed by atoms with Crippen molar-refractivity contribution in [3.05, 3.63) is 35.5 Å². The first-order valence-electron chi connectivity index (χ1n) is 5.96. The summed E-state index contributed by atoms with van der Waals surface area (Å²) < 4.78 is 0. The van der Waals surface area contributed by atoms with Crippen molar-refractivity contribution in [3.8, 4) is 0 Å². The first kappa shape index (κ1) is 33.7. The molecule has 0 amide bonds. The Hall–Kier alpha value is -0.876.